The number of rotatable bonds is 12. The fourth-order valence-electron chi connectivity index (χ4n) is 4.57. The number of allylic oxidation sites excluding steroid dienone is 2. The van der Waals surface area contributed by atoms with Gasteiger partial charge in [-0.1, -0.05) is 46.5 Å². The van der Waals surface area contributed by atoms with Gasteiger partial charge in [0.15, 0.2) is 0 Å². The quantitative estimate of drug-likeness (QED) is 0.155. The zero-order valence-corrected chi connectivity index (χ0v) is 24.8. The standard InChI is InChI=1S/C27H35Cl3N2O7/c1-17(7-9-21(33)38-13-5-4-10-32-11-14-37-15-12-32)6-8-19-23(31-26(35)27(28,29)30)22-20(16-39-25(22)34)18(2)24(19)36-3/h6H,4-5,7-16H2,1-3H3,(H,31,35)/b17-6+. The highest BCUT2D eigenvalue weighted by Crippen LogP contribution is 2.42. The number of esters is 2. The number of fused-ring (bicyclic) bond motifs is 1. The first kappa shape index (κ1) is 31.5. The first-order chi connectivity index (χ1) is 18.5. The van der Waals surface area contributed by atoms with Crippen LogP contribution < -0.4 is 10.1 Å². The minimum Gasteiger partial charge on any atom is -0.496 e. The number of unbranched alkanes of at least 4 members (excludes halogenated alkanes) is 1. The van der Waals surface area contributed by atoms with Crippen LogP contribution in [0.15, 0.2) is 11.6 Å². The summed E-state index contributed by atoms with van der Waals surface area (Å²) in [6, 6.07) is 0. The Kier molecular flexibility index (Phi) is 11.7. The molecule has 216 valence electrons. The van der Waals surface area contributed by atoms with Crippen LogP contribution in [0.3, 0.4) is 0 Å². The number of carbonyl (C=O) groups excluding carboxylic acids is 3. The summed E-state index contributed by atoms with van der Waals surface area (Å²) in [5, 5.41) is 2.58. The third-order valence-corrected chi connectivity index (χ3v) is 7.30. The molecule has 0 saturated carbocycles. The van der Waals surface area contributed by atoms with Gasteiger partial charge >= 0.3 is 11.9 Å². The van der Waals surface area contributed by atoms with E-state index >= 15 is 0 Å². The second-order valence-corrected chi connectivity index (χ2v) is 11.8. The number of halogens is 3. The topological polar surface area (TPSA) is 103 Å². The van der Waals surface area contributed by atoms with Crippen LogP contribution in [0.5, 0.6) is 5.75 Å². The Morgan fingerprint density at radius 1 is 1.15 bits per heavy atom. The molecule has 1 aromatic carbocycles. The molecule has 12 heteroatoms. The highest BCUT2D eigenvalue weighted by molar-refractivity contribution is 6.76. The number of cyclic esters (lactones) is 1. The predicted molar refractivity (Wildman–Crippen MR) is 150 cm³/mol. The number of morpholine rings is 1. The van der Waals surface area contributed by atoms with Gasteiger partial charge in [0, 0.05) is 30.6 Å². The highest BCUT2D eigenvalue weighted by Gasteiger charge is 2.36. The molecule has 1 aromatic rings. The Labute approximate surface area is 244 Å². The van der Waals surface area contributed by atoms with Crippen LogP contribution in [0.25, 0.3) is 0 Å². The molecule has 0 bridgehead atoms. The zero-order chi connectivity index (χ0) is 28.6. The monoisotopic (exact) mass is 604 g/mol. The second-order valence-electron chi connectivity index (χ2n) is 9.53. The van der Waals surface area contributed by atoms with E-state index in [1.54, 1.807) is 0 Å². The van der Waals surface area contributed by atoms with Crippen molar-refractivity contribution in [1.29, 1.82) is 0 Å². The number of carbonyl (C=O) groups is 3. The van der Waals surface area contributed by atoms with E-state index in [-0.39, 0.29) is 30.2 Å². The van der Waals surface area contributed by atoms with E-state index in [4.69, 9.17) is 53.8 Å². The Hall–Kier alpha value is -2.04. The molecule has 2 aliphatic rings. The number of alkyl halides is 3. The molecule has 0 radical (unpaired) electrons. The molecule has 0 spiro atoms. The lowest BCUT2D eigenvalue weighted by atomic mass is 9.93. The molecule has 0 aliphatic carbocycles. The first-order valence-corrected chi connectivity index (χ1v) is 14.0. The lowest BCUT2D eigenvalue weighted by Gasteiger charge is -2.26. The maximum Gasteiger partial charge on any atom is 0.341 e. The van der Waals surface area contributed by atoms with Gasteiger partial charge in [-0.25, -0.2) is 4.79 Å². The molecular weight excluding hydrogens is 571 g/mol. The third kappa shape index (κ3) is 8.72. The minimum atomic E-state index is -2.24. The molecule has 9 nitrogen and oxygen atoms in total. The van der Waals surface area contributed by atoms with Crippen LogP contribution in [-0.2, 0) is 36.8 Å². The van der Waals surface area contributed by atoms with E-state index in [1.165, 1.54) is 7.11 Å². The van der Waals surface area contributed by atoms with Crippen LogP contribution in [0.1, 0.15) is 59.7 Å². The number of benzene rings is 1. The van der Waals surface area contributed by atoms with Crippen molar-refractivity contribution >= 4 is 58.3 Å². The number of amides is 1. The summed E-state index contributed by atoms with van der Waals surface area (Å²) in [5.74, 6) is -1.24. The van der Waals surface area contributed by atoms with E-state index < -0.39 is 15.7 Å². The molecule has 1 N–H and O–H groups in total. The Bertz CT molecular complexity index is 1100. The summed E-state index contributed by atoms with van der Waals surface area (Å²) in [7, 11) is 1.50. The molecule has 2 heterocycles. The minimum absolute atomic E-state index is 0.0530. The number of hydrogen-bond acceptors (Lipinski definition) is 8. The molecule has 39 heavy (non-hydrogen) atoms. The Morgan fingerprint density at radius 2 is 1.87 bits per heavy atom. The summed E-state index contributed by atoms with van der Waals surface area (Å²) >= 11 is 17.3. The summed E-state index contributed by atoms with van der Waals surface area (Å²) in [6.07, 6.45) is 4.73. The van der Waals surface area contributed by atoms with Crippen LogP contribution in [0.4, 0.5) is 5.69 Å². The number of hydrogen-bond donors (Lipinski definition) is 1. The van der Waals surface area contributed by atoms with Crippen molar-refractivity contribution < 1.29 is 33.3 Å². The van der Waals surface area contributed by atoms with E-state index in [0.717, 1.165) is 56.8 Å². The van der Waals surface area contributed by atoms with Gasteiger partial charge in [0.05, 0.1) is 38.2 Å². The van der Waals surface area contributed by atoms with E-state index in [1.807, 2.05) is 19.9 Å². The number of anilines is 1. The van der Waals surface area contributed by atoms with Crippen molar-refractivity contribution in [2.24, 2.45) is 0 Å². The van der Waals surface area contributed by atoms with Crippen molar-refractivity contribution in [3.8, 4) is 5.75 Å². The van der Waals surface area contributed by atoms with E-state index in [9.17, 15) is 14.4 Å². The normalized spacial score (nSPS) is 16.1. The number of methoxy groups -OCH3 is 1. The zero-order valence-electron chi connectivity index (χ0n) is 22.5. The van der Waals surface area contributed by atoms with Gasteiger partial charge in [0.1, 0.15) is 12.4 Å². The van der Waals surface area contributed by atoms with Gasteiger partial charge in [-0.05, 0) is 51.6 Å². The molecule has 3 rings (SSSR count). The van der Waals surface area contributed by atoms with Crippen LogP contribution in [0, 0.1) is 6.92 Å². The molecule has 1 amide bonds. The van der Waals surface area contributed by atoms with Gasteiger partial charge in [-0.3, -0.25) is 14.5 Å². The number of ether oxygens (including phenoxy) is 4. The fraction of sp³-hybridized carbons (Fsp3) is 0.593. The molecule has 2 aliphatic heterocycles. The van der Waals surface area contributed by atoms with Crippen LogP contribution in [0.2, 0.25) is 0 Å². The summed E-state index contributed by atoms with van der Waals surface area (Å²) in [4.78, 5) is 39.7. The SMILES string of the molecule is COc1c(C)c2c(c(NC(=O)C(Cl)(Cl)Cl)c1C/C=C(\C)CCC(=O)OCCCCN1CCOCC1)C(=O)OC2. The third-order valence-electron chi connectivity index (χ3n) is 6.79. The van der Waals surface area contributed by atoms with Crippen molar-refractivity contribution in [3.63, 3.8) is 0 Å². The first-order valence-electron chi connectivity index (χ1n) is 12.9. The van der Waals surface area contributed by atoms with Crippen molar-refractivity contribution in [2.45, 2.75) is 56.4 Å². The molecule has 0 atom stereocenters. The van der Waals surface area contributed by atoms with Crippen LogP contribution in [-0.4, -0.2) is 73.1 Å². The van der Waals surface area contributed by atoms with Gasteiger partial charge in [0.2, 0.25) is 0 Å². The van der Waals surface area contributed by atoms with Gasteiger partial charge < -0.3 is 24.3 Å². The number of nitrogens with zero attached hydrogens (tertiary/aromatic N) is 1. The Morgan fingerprint density at radius 3 is 2.54 bits per heavy atom. The maximum absolute atomic E-state index is 12.6. The summed E-state index contributed by atoms with van der Waals surface area (Å²) in [5.41, 5.74) is 3.20. The largest absolute Gasteiger partial charge is 0.496 e. The van der Waals surface area contributed by atoms with Crippen molar-refractivity contribution in [1.82, 2.24) is 4.90 Å². The van der Waals surface area contributed by atoms with E-state index in [0.29, 0.717) is 36.3 Å². The molecule has 0 aromatic heterocycles. The fourth-order valence-corrected chi connectivity index (χ4v) is 4.71. The lowest BCUT2D eigenvalue weighted by molar-refractivity contribution is -0.143. The molecule has 1 fully saturated rings. The average Bonchev–Trinajstić information content (AvgIpc) is 3.29. The molecular formula is C27H35Cl3N2O7. The summed E-state index contributed by atoms with van der Waals surface area (Å²) < 4.78 is 19.4. The maximum atomic E-state index is 12.6. The van der Waals surface area contributed by atoms with Gasteiger partial charge in [-0.2, -0.15) is 0 Å². The molecule has 0 unspecified atom stereocenters. The van der Waals surface area contributed by atoms with Crippen molar-refractivity contribution in [3.05, 3.63) is 33.9 Å². The lowest BCUT2D eigenvalue weighted by Crippen LogP contribution is -2.36. The average molecular weight is 606 g/mol. The summed E-state index contributed by atoms with van der Waals surface area (Å²) in [6.45, 7) is 8.61. The Balaban J connectivity index is 1.61. The predicted octanol–water partition coefficient (Wildman–Crippen LogP) is 4.91. The number of nitrogens with one attached hydrogen (secondary N) is 1. The highest BCUT2D eigenvalue weighted by atomic mass is 35.6. The van der Waals surface area contributed by atoms with Crippen LogP contribution >= 0.6 is 34.8 Å². The van der Waals surface area contributed by atoms with Gasteiger partial charge in [-0.15, -0.1) is 0 Å². The second kappa shape index (κ2) is 14.6. The van der Waals surface area contributed by atoms with E-state index in [2.05, 4.69) is 10.2 Å². The smallest absolute Gasteiger partial charge is 0.341 e. The van der Waals surface area contributed by atoms with Crippen molar-refractivity contribution in [2.75, 3.05) is 51.9 Å². The molecule has 1 saturated heterocycles. The van der Waals surface area contributed by atoms with Gasteiger partial charge in [0.25, 0.3) is 9.70 Å².